The fraction of sp³-hybridized carbons (Fsp3) is 0.208. The Hall–Kier alpha value is -2.64. The number of ether oxygens (including phenoxy) is 2. The summed E-state index contributed by atoms with van der Waals surface area (Å²) in [6, 6.07) is 23.3. The first-order valence-corrected chi connectivity index (χ1v) is 11.8. The van der Waals surface area contributed by atoms with Gasteiger partial charge in [-0.3, -0.25) is 0 Å². The largest absolute Gasteiger partial charge is 0.493 e. The highest BCUT2D eigenvalue weighted by Gasteiger charge is 2.31. The molecule has 5 nitrogen and oxygen atoms in total. The fourth-order valence-electron chi connectivity index (χ4n) is 3.38. The molecule has 1 unspecified atom stereocenters. The van der Waals surface area contributed by atoms with Crippen LogP contribution in [0.5, 0.6) is 11.5 Å². The summed E-state index contributed by atoms with van der Waals surface area (Å²) in [5.41, 5.74) is 2.86. The predicted octanol–water partition coefficient (Wildman–Crippen LogP) is 6.32. The number of urea groups is 1. The lowest BCUT2D eigenvalue weighted by Gasteiger charge is -2.25. The normalized spacial score (nSPS) is 15.5. The van der Waals surface area contributed by atoms with E-state index in [0.717, 1.165) is 27.0 Å². The number of thioether (sulfide) groups is 1. The molecule has 0 saturated carbocycles. The Bertz CT molecular complexity index is 1030. The number of benzene rings is 3. The summed E-state index contributed by atoms with van der Waals surface area (Å²) in [6.07, 6.45) is 0. The monoisotopic (exact) mass is 498 g/mol. The van der Waals surface area contributed by atoms with Crippen molar-refractivity contribution in [1.82, 2.24) is 4.90 Å². The van der Waals surface area contributed by atoms with Crippen molar-refractivity contribution in [2.24, 2.45) is 0 Å². The Morgan fingerprint density at radius 1 is 1.10 bits per heavy atom. The molecule has 0 bridgehead atoms. The molecule has 1 saturated heterocycles. The van der Waals surface area contributed by atoms with Crippen LogP contribution >= 0.6 is 27.7 Å². The van der Waals surface area contributed by atoms with Crippen LogP contribution in [0.25, 0.3) is 0 Å². The highest BCUT2D eigenvalue weighted by Crippen LogP contribution is 2.41. The van der Waals surface area contributed by atoms with Crippen LogP contribution in [-0.2, 0) is 6.61 Å². The molecule has 160 valence electrons. The van der Waals surface area contributed by atoms with Crippen molar-refractivity contribution in [2.45, 2.75) is 12.0 Å². The number of hydrogen-bond donors (Lipinski definition) is 1. The molecule has 1 fully saturated rings. The molecule has 3 aromatic rings. The molecule has 0 radical (unpaired) electrons. The van der Waals surface area contributed by atoms with Crippen molar-refractivity contribution < 1.29 is 14.3 Å². The quantitative estimate of drug-likeness (QED) is 0.432. The summed E-state index contributed by atoms with van der Waals surface area (Å²) in [7, 11) is 1.63. The molecule has 1 N–H and O–H groups in total. The van der Waals surface area contributed by atoms with Crippen LogP contribution in [0.4, 0.5) is 10.5 Å². The van der Waals surface area contributed by atoms with Crippen molar-refractivity contribution in [2.75, 3.05) is 24.7 Å². The summed E-state index contributed by atoms with van der Waals surface area (Å²) in [5, 5.41) is 2.91. The zero-order valence-corrected chi connectivity index (χ0v) is 19.5. The van der Waals surface area contributed by atoms with Gasteiger partial charge in [0.1, 0.15) is 12.0 Å². The van der Waals surface area contributed by atoms with E-state index in [1.807, 2.05) is 77.7 Å². The third-order valence-electron chi connectivity index (χ3n) is 4.96. The molecule has 4 rings (SSSR count). The zero-order valence-electron chi connectivity index (χ0n) is 17.1. The van der Waals surface area contributed by atoms with Crippen molar-refractivity contribution in [3.8, 4) is 11.5 Å². The van der Waals surface area contributed by atoms with Crippen molar-refractivity contribution in [1.29, 1.82) is 0 Å². The van der Waals surface area contributed by atoms with Crippen molar-refractivity contribution in [3.05, 3.63) is 88.4 Å². The number of hydrogen-bond acceptors (Lipinski definition) is 4. The van der Waals surface area contributed by atoms with E-state index in [2.05, 4.69) is 21.2 Å². The van der Waals surface area contributed by atoms with Gasteiger partial charge in [-0.2, -0.15) is 0 Å². The number of nitrogens with one attached hydrogen (secondary N) is 1. The van der Waals surface area contributed by atoms with Gasteiger partial charge in [0.15, 0.2) is 11.5 Å². The van der Waals surface area contributed by atoms with Gasteiger partial charge in [-0.05, 0) is 47.5 Å². The SMILES string of the molecule is COc1ccc(C2SCCN2C(=O)Nc2ccc(Br)cc2)cc1OCc1ccccc1. The first-order valence-electron chi connectivity index (χ1n) is 9.93. The lowest BCUT2D eigenvalue weighted by Crippen LogP contribution is -2.34. The number of rotatable bonds is 6. The van der Waals surface area contributed by atoms with E-state index in [4.69, 9.17) is 9.47 Å². The van der Waals surface area contributed by atoms with Crippen molar-refractivity contribution >= 4 is 39.4 Å². The number of nitrogens with zero attached hydrogens (tertiary/aromatic N) is 1. The Morgan fingerprint density at radius 3 is 2.61 bits per heavy atom. The van der Waals surface area contributed by atoms with Crippen LogP contribution in [0, 0.1) is 0 Å². The van der Waals surface area contributed by atoms with E-state index in [0.29, 0.717) is 24.7 Å². The maximum Gasteiger partial charge on any atom is 0.323 e. The van der Waals surface area contributed by atoms with Gasteiger partial charge >= 0.3 is 6.03 Å². The summed E-state index contributed by atoms with van der Waals surface area (Å²) in [4.78, 5) is 14.8. The Morgan fingerprint density at radius 2 is 1.87 bits per heavy atom. The smallest absolute Gasteiger partial charge is 0.323 e. The molecular weight excluding hydrogens is 476 g/mol. The third kappa shape index (κ3) is 5.35. The van der Waals surface area contributed by atoms with E-state index in [1.165, 1.54) is 0 Å². The summed E-state index contributed by atoms with van der Waals surface area (Å²) < 4.78 is 12.5. The number of carbonyl (C=O) groups is 1. The molecule has 2 amide bonds. The number of amides is 2. The Labute approximate surface area is 194 Å². The van der Waals surface area contributed by atoms with Gasteiger partial charge < -0.3 is 19.7 Å². The average molecular weight is 499 g/mol. The highest BCUT2D eigenvalue weighted by atomic mass is 79.9. The van der Waals surface area contributed by atoms with Gasteiger partial charge in [0.05, 0.1) is 7.11 Å². The topological polar surface area (TPSA) is 50.8 Å². The Balaban J connectivity index is 1.50. The number of methoxy groups -OCH3 is 1. The first kappa shape index (κ1) is 21.6. The van der Waals surface area contributed by atoms with Gasteiger partial charge in [-0.15, -0.1) is 11.8 Å². The van der Waals surface area contributed by atoms with Gasteiger partial charge in [0, 0.05) is 22.5 Å². The molecule has 0 aromatic heterocycles. The second-order valence-electron chi connectivity index (χ2n) is 7.04. The molecule has 1 heterocycles. The summed E-state index contributed by atoms with van der Waals surface area (Å²) in [6.45, 7) is 1.14. The maximum atomic E-state index is 12.9. The second-order valence-corrected chi connectivity index (χ2v) is 9.14. The predicted molar refractivity (Wildman–Crippen MR) is 129 cm³/mol. The van der Waals surface area contributed by atoms with E-state index in [9.17, 15) is 4.79 Å². The Kier molecular flexibility index (Phi) is 7.04. The van der Waals surface area contributed by atoms with E-state index >= 15 is 0 Å². The third-order valence-corrected chi connectivity index (χ3v) is 6.75. The molecule has 1 atom stereocenters. The highest BCUT2D eigenvalue weighted by molar-refractivity contribution is 9.10. The van der Waals surface area contributed by atoms with Crippen LogP contribution < -0.4 is 14.8 Å². The van der Waals surface area contributed by atoms with Crippen LogP contribution in [0.1, 0.15) is 16.5 Å². The molecule has 3 aromatic carbocycles. The molecule has 0 aliphatic carbocycles. The van der Waals surface area contributed by atoms with Crippen LogP contribution in [0.3, 0.4) is 0 Å². The number of carbonyl (C=O) groups excluding carboxylic acids is 1. The minimum atomic E-state index is -0.111. The minimum absolute atomic E-state index is 0.0829. The second kappa shape index (κ2) is 10.1. The molecule has 1 aliphatic heterocycles. The number of halogens is 1. The first-order chi connectivity index (χ1) is 15.1. The van der Waals surface area contributed by atoms with Gasteiger partial charge in [0.25, 0.3) is 0 Å². The molecular formula is C24H23BrN2O3S. The maximum absolute atomic E-state index is 12.9. The summed E-state index contributed by atoms with van der Waals surface area (Å²) in [5.74, 6) is 2.23. The van der Waals surface area contributed by atoms with Crippen LogP contribution in [0.2, 0.25) is 0 Å². The van der Waals surface area contributed by atoms with Crippen molar-refractivity contribution in [3.63, 3.8) is 0 Å². The average Bonchev–Trinajstić information content (AvgIpc) is 3.30. The lowest BCUT2D eigenvalue weighted by atomic mass is 10.1. The zero-order chi connectivity index (χ0) is 21.6. The standard InChI is InChI=1S/C24H23BrN2O3S/c1-29-21-12-7-18(15-22(21)30-16-17-5-3-2-4-6-17)23-27(13-14-31-23)24(28)26-20-10-8-19(25)9-11-20/h2-12,15,23H,13-14,16H2,1H3,(H,26,28). The van der Waals surface area contributed by atoms with Gasteiger partial charge in [0.2, 0.25) is 0 Å². The van der Waals surface area contributed by atoms with Crippen LogP contribution in [0.15, 0.2) is 77.3 Å². The van der Waals surface area contributed by atoms with E-state index < -0.39 is 0 Å². The lowest BCUT2D eigenvalue weighted by molar-refractivity contribution is 0.214. The molecule has 1 aliphatic rings. The fourth-order valence-corrected chi connectivity index (χ4v) is 4.89. The van der Waals surface area contributed by atoms with Gasteiger partial charge in [-0.1, -0.05) is 52.3 Å². The van der Waals surface area contributed by atoms with E-state index in [-0.39, 0.29) is 11.4 Å². The minimum Gasteiger partial charge on any atom is -0.493 e. The summed E-state index contributed by atoms with van der Waals surface area (Å²) >= 11 is 5.16. The number of anilines is 1. The van der Waals surface area contributed by atoms with E-state index in [1.54, 1.807) is 18.9 Å². The molecule has 7 heteroatoms. The molecule has 0 spiro atoms. The van der Waals surface area contributed by atoms with Gasteiger partial charge in [-0.25, -0.2) is 4.79 Å². The molecule has 31 heavy (non-hydrogen) atoms. The van der Waals surface area contributed by atoms with Crippen LogP contribution in [-0.4, -0.2) is 30.3 Å².